The van der Waals surface area contributed by atoms with Gasteiger partial charge in [-0.3, -0.25) is 24.6 Å². The van der Waals surface area contributed by atoms with Gasteiger partial charge in [0.15, 0.2) is 6.17 Å². The van der Waals surface area contributed by atoms with Crippen molar-refractivity contribution in [3.05, 3.63) is 87.5 Å². The van der Waals surface area contributed by atoms with Gasteiger partial charge >= 0.3 is 12.0 Å². The summed E-state index contributed by atoms with van der Waals surface area (Å²) in [7, 11) is -4.26. The fraction of sp³-hybridized carbons (Fsp3) is 0.208. The maximum absolute atomic E-state index is 13.7. The van der Waals surface area contributed by atoms with Crippen LogP contribution < -0.4 is 10.6 Å². The lowest BCUT2D eigenvalue weighted by molar-refractivity contribution is -0.384. The van der Waals surface area contributed by atoms with Gasteiger partial charge in [0.2, 0.25) is 0 Å². The van der Waals surface area contributed by atoms with E-state index in [0.717, 1.165) is 38.7 Å². The van der Waals surface area contributed by atoms with Crippen molar-refractivity contribution in [3.8, 4) is 0 Å². The van der Waals surface area contributed by atoms with Crippen LogP contribution in [0.3, 0.4) is 0 Å². The number of urea groups is 1. The summed E-state index contributed by atoms with van der Waals surface area (Å²) in [4.78, 5) is 49.9. The van der Waals surface area contributed by atoms with E-state index in [-0.39, 0.29) is 34.2 Å². The highest BCUT2D eigenvalue weighted by Crippen LogP contribution is 2.29. The summed E-state index contributed by atoms with van der Waals surface area (Å²) in [6.07, 6.45) is -2.42. The number of nitro benzene ring substituents is 1. The van der Waals surface area contributed by atoms with E-state index in [0.29, 0.717) is 0 Å². The minimum Gasteiger partial charge on any atom is -0.481 e. The van der Waals surface area contributed by atoms with Crippen molar-refractivity contribution in [2.45, 2.75) is 22.8 Å². The largest absolute Gasteiger partial charge is 0.481 e. The molecule has 4 rings (SSSR count). The maximum Gasteiger partial charge on any atom is 0.323 e. The van der Waals surface area contributed by atoms with Crippen LogP contribution in [0.1, 0.15) is 18.0 Å². The molecule has 1 aliphatic rings. The Hall–Kier alpha value is -4.41. The number of hydrogen-bond acceptors (Lipinski definition) is 8. The summed E-state index contributed by atoms with van der Waals surface area (Å²) in [5, 5.41) is 27.2. The number of amides is 3. The van der Waals surface area contributed by atoms with Gasteiger partial charge in [0.1, 0.15) is 10.0 Å². The van der Waals surface area contributed by atoms with Gasteiger partial charge in [-0.2, -0.15) is 4.31 Å². The summed E-state index contributed by atoms with van der Waals surface area (Å²) >= 11 is 0.910. The summed E-state index contributed by atoms with van der Waals surface area (Å²) < 4.78 is 40.9. The van der Waals surface area contributed by atoms with E-state index in [2.05, 4.69) is 10.6 Å². The number of hydrogen-bond donors (Lipinski definition) is 3. The number of thiophene rings is 1. The maximum atomic E-state index is 13.7. The number of nitrogens with one attached hydrogen (secondary N) is 2. The fourth-order valence-electron chi connectivity index (χ4n) is 4.13. The first-order valence-electron chi connectivity index (χ1n) is 11.6. The molecule has 0 bridgehead atoms. The number of carboxylic acids is 1. The molecule has 1 aliphatic heterocycles. The van der Waals surface area contributed by atoms with Gasteiger partial charge in [0.05, 0.1) is 17.4 Å². The zero-order valence-corrected chi connectivity index (χ0v) is 22.1. The van der Waals surface area contributed by atoms with Gasteiger partial charge < -0.3 is 15.7 Å². The molecular formula is C24H22FN5O8S2. The molecule has 210 valence electrons. The average Bonchev–Trinajstić information content (AvgIpc) is 3.61. The van der Waals surface area contributed by atoms with Crippen molar-refractivity contribution < 1.29 is 37.2 Å². The fourth-order valence-corrected chi connectivity index (χ4v) is 6.79. The van der Waals surface area contributed by atoms with Crippen LogP contribution in [-0.4, -0.2) is 64.8 Å². The molecule has 0 saturated carbocycles. The molecule has 1 saturated heterocycles. The van der Waals surface area contributed by atoms with Crippen molar-refractivity contribution in [2.24, 2.45) is 0 Å². The van der Waals surface area contributed by atoms with Crippen molar-refractivity contribution in [2.75, 3.05) is 18.4 Å². The van der Waals surface area contributed by atoms with Crippen LogP contribution in [0.25, 0.3) is 0 Å². The molecule has 2 aromatic carbocycles. The molecule has 1 aromatic heterocycles. The lowest BCUT2D eigenvalue weighted by Crippen LogP contribution is -2.55. The molecule has 0 radical (unpaired) electrons. The number of nitrogens with zero attached hydrogens (tertiary/aromatic N) is 3. The van der Waals surface area contributed by atoms with Gasteiger partial charge in [-0.05, 0) is 41.3 Å². The van der Waals surface area contributed by atoms with Crippen molar-refractivity contribution in [1.82, 2.24) is 14.5 Å². The number of carbonyl (C=O) groups is 3. The molecule has 2 unspecified atom stereocenters. The van der Waals surface area contributed by atoms with Crippen LogP contribution in [0.2, 0.25) is 0 Å². The number of rotatable bonds is 9. The number of halogens is 1. The van der Waals surface area contributed by atoms with Crippen LogP contribution in [0, 0.1) is 15.9 Å². The topological polar surface area (TPSA) is 179 Å². The van der Waals surface area contributed by atoms with Crippen LogP contribution in [0.4, 0.5) is 20.6 Å². The second-order valence-corrected chi connectivity index (χ2v) is 11.6. The SMILES string of the molecule is O=C(O)CC(NC(=O)C1N(C(=O)Nc2ccc(F)cc2)CCN1S(=O)(=O)c1cccs1)c1cccc([N+](=O)[O-])c1. The second-order valence-electron chi connectivity index (χ2n) is 8.56. The number of carbonyl (C=O) groups excluding carboxylic acids is 2. The molecule has 16 heteroatoms. The summed E-state index contributed by atoms with van der Waals surface area (Å²) in [5.74, 6) is -2.91. The first-order valence-corrected chi connectivity index (χ1v) is 13.9. The van der Waals surface area contributed by atoms with Gasteiger partial charge in [0.25, 0.3) is 21.6 Å². The van der Waals surface area contributed by atoms with Gasteiger partial charge in [-0.1, -0.05) is 18.2 Å². The number of sulfonamides is 1. The highest BCUT2D eigenvalue weighted by molar-refractivity contribution is 7.91. The molecule has 13 nitrogen and oxygen atoms in total. The van der Waals surface area contributed by atoms with Crippen molar-refractivity contribution in [3.63, 3.8) is 0 Å². The first kappa shape index (κ1) is 28.6. The second kappa shape index (κ2) is 11.8. The third kappa shape index (κ3) is 6.24. The zero-order valence-electron chi connectivity index (χ0n) is 20.5. The number of benzene rings is 2. The Kier molecular flexibility index (Phi) is 8.41. The zero-order chi connectivity index (χ0) is 29.0. The molecule has 0 spiro atoms. The predicted molar refractivity (Wildman–Crippen MR) is 140 cm³/mol. The highest BCUT2D eigenvalue weighted by Gasteiger charge is 2.47. The van der Waals surface area contributed by atoms with Crippen LogP contribution in [0.5, 0.6) is 0 Å². The minimum atomic E-state index is -4.26. The predicted octanol–water partition coefficient (Wildman–Crippen LogP) is 2.99. The monoisotopic (exact) mass is 591 g/mol. The number of non-ortho nitro benzene ring substituents is 1. The number of anilines is 1. The lowest BCUT2D eigenvalue weighted by atomic mass is 10.0. The molecule has 1 fully saturated rings. The van der Waals surface area contributed by atoms with Crippen LogP contribution >= 0.6 is 11.3 Å². The summed E-state index contributed by atoms with van der Waals surface area (Å²) in [6.45, 7) is -0.453. The normalized spacial score (nSPS) is 16.3. The standard InChI is InChI=1S/C24H22FN5O8S2/c25-16-6-8-17(9-7-16)26-24(34)28-10-11-29(40(37,38)21-5-2-12-39-21)23(28)22(33)27-19(14-20(31)32)15-3-1-4-18(13-15)30(35)36/h1-9,12-13,19,23H,10-11,14H2,(H,26,34)(H,27,33)(H,31,32). The quantitative estimate of drug-likeness (QED) is 0.251. The summed E-state index contributed by atoms with van der Waals surface area (Å²) in [5.41, 5.74) is -0.0615. The van der Waals surface area contributed by atoms with Crippen LogP contribution in [-0.2, 0) is 19.6 Å². The van der Waals surface area contributed by atoms with E-state index in [1.165, 1.54) is 47.8 Å². The molecule has 2 atom stereocenters. The van der Waals surface area contributed by atoms with E-state index < -0.39 is 57.3 Å². The third-order valence-electron chi connectivity index (χ3n) is 5.96. The number of nitro groups is 1. The number of aliphatic carboxylic acids is 1. The lowest BCUT2D eigenvalue weighted by Gasteiger charge is -2.30. The molecule has 0 aliphatic carbocycles. The van der Waals surface area contributed by atoms with E-state index in [1.54, 1.807) is 0 Å². The van der Waals surface area contributed by atoms with Crippen LogP contribution in [0.15, 0.2) is 70.3 Å². The van der Waals surface area contributed by atoms with E-state index in [1.807, 2.05) is 0 Å². The first-order chi connectivity index (χ1) is 19.0. The van der Waals surface area contributed by atoms with E-state index in [9.17, 15) is 42.4 Å². The Morgan fingerprint density at radius 1 is 1.12 bits per heavy atom. The average molecular weight is 592 g/mol. The molecule has 3 N–H and O–H groups in total. The van der Waals surface area contributed by atoms with Crippen molar-refractivity contribution >= 4 is 50.6 Å². The number of carboxylic acid groups (broad SMARTS) is 1. The molecule has 40 heavy (non-hydrogen) atoms. The Morgan fingerprint density at radius 2 is 1.85 bits per heavy atom. The Morgan fingerprint density at radius 3 is 2.48 bits per heavy atom. The Balaban J connectivity index is 1.68. The summed E-state index contributed by atoms with van der Waals surface area (Å²) in [6, 6.07) is 10.5. The Bertz CT molecular complexity index is 1530. The van der Waals surface area contributed by atoms with Gasteiger partial charge in [-0.25, -0.2) is 17.6 Å². The van der Waals surface area contributed by atoms with Crippen molar-refractivity contribution in [1.29, 1.82) is 0 Å². The molecule has 2 heterocycles. The Labute approximate surface area is 231 Å². The van der Waals surface area contributed by atoms with E-state index >= 15 is 0 Å². The highest BCUT2D eigenvalue weighted by atomic mass is 32.2. The van der Waals surface area contributed by atoms with E-state index in [4.69, 9.17) is 0 Å². The van der Waals surface area contributed by atoms with Gasteiger partial charge in [0, 0.05) is 30.9 Å². The van der Waals surface area contributed by atoms with Gasteiger partial charge in [-0.15, -0.1) is 11.3 Å². The molecule has 3 amide bonds. The third-order valence-corrected chi connectivity index (χ3v) is 9.18. The minimum absolute atomic E-state index is 0.0770. The molecule has 3 aromatic rings. The molecular weight excluding hydrogens is 569 g/mol. The smallest absolute Gasteiger partial charge is 0.323 e.